The van der Waals surface area contributed by atoms with E-state index >= 15 is 0 Å². The number of piperidine rings is 1. The van der Waals surface area contributed by atoms with Gasteiger partial charge in [0.15, 0.2) is 5.13 Å². The number of benzene rings is 2. The molecule has 6 heteroatoms. The summed E-state index contributed by atoms with van der Waals surface area (Å²) in [4.78, 5) is 19.3. The third kappa shape index (κ3) is 4.51. The minimum Gasteiger partial charge on any atom is -0.372 e. The second-order valence-corrected chi connectivity index (χ2v) is 8.11. The Labute approximate surface area is 169 Å². The van der Waals surface area contributed by atoms with Crippen LogP contribution in [0.5, 0.6) is 0 Å². The fourth-order valence-corrected chi connectivity index (χ4v) is 3.92. The van der Waals surface area contributed by atoms with Gasteiger partial charge in [0.05, 0.1) is 0 Å². The van der Waals surface area contributed by atoms with E-state index in [1.807, 2.05) is 41.8 Å². The average Bonchev–Trinajstić information content (AvgIpc) is 3.22. The first kappa shape index (κ1) is 18.5. The lowest BCUT2D eigenvalue weighted by Gasteiger charge is -2.32. The number of hydrogen-bond donors (Lipinski definition) is 2. The first-order valence-electron chi connectivity index (χ1n) is 9.60. The Morgan fingerprint density at radius 2 is 1.89 bits per heavy atom. The normalized spacial score (nSPS) is 14.7. The number of hydrogen-bond acceptors (Lipinski definition) is 5. The Morgan fingerprint density at radius 3 is 2.61 bits per heavy atom. The van der Waals surface area contributed by atoms with E-state index in [1.54, 1.807) is 6.20 Å². The fraction of sp³-hybridized carbons (Fsp3) is 0.273. The molecule has 1 fully saturated rings. The standard InChI is InChI=1S/C22H24N4OS/c1-16-9-12-26(13-10-16)20-7-5-18(6-8-20)24-21(27)17-3-2-4-19(15-17)25-22-23-11-14-28-22/h2-8,11,14-16H,9-10,12-13H2,1H3,(H,23,25)(H,24,27). The van der Waals surface area contributed by atoms with Gasteiger partial charge in [-0.1, -0.05) is 13.0 Å². The molecule has 2 heterocycles. The van der Waals surface area contributed by atoms with Crippen molar-refractivity contribution < 1.29 is 4.79 Å². The van der Waals surface area contributed by atoms with Crippen LogP contribution in [0.25, 0.3) is 0 Å². The third-order valence-electron chi connectivity index (χ3n) is 5.08. The molecular weight excluding hydrogens is 368 g/mol. The van der Waals surface area contributed by atoms with Crippen LogP contribution < -0.4 is 15.5 Å². The molecular formula is C22H24N4OS. The molecule has 0 aliphatic carbocycles. The molecule has 5 nitrogen and oxygen atoms in total. The summed E-state index contributed by atoms with van der Waals surface area (Å²) in [6.45, 7) is 4.52. The van der Waals surface area contributed by atoms with Crippen LogP contribution in [0.1, 0.15) is 30.1 Å². The van der Waals surface area contributed by atoms with Gasteiger partial charge in [-0.25, -0.2) is 4.98 Å². The van der Waals surface area contributed by atoms with Crippen LogP contribution in [0.3, 0.4) is 0 Å². The highest BCUT2D eigenvalue weighted by molar-refractivity contribution is 7.13. The molecule has 1 aliphatic rings. The van der Waals surface area contributed by atoms with Gasteiger partial charge in [-0.2, -0.15) is 0 Å². The van der Waals surface area contributed by atoms with Gasteiger partial charge in [0.25, 0.3) is 5.91 Å². The topological polar surface area (TPSA) is 57.3 Å². The molecule has 2 aromatic carbocycles. The zero-order valence-electron chi connectivity index (χ0n) is 15.9. The van der Waals surface area contributed by atoms with E-state index < -0.39 is 0 Å². The molecule has 1 amide bonds. The van der Waals surface area contributed by atoms with Crippen molar-refractivity contribution >= 4 is 39.4 Å². The SMILES string of the molecule is CC1CCN(c2ccc(NC(=O)c3cccc(Nc4nccs4)c3)cc2)CC1. The van der Waals surface area contributed by atoms with Gasteiger partial charge in [-0.05, 0) is 61.2 Å². The summed E-state index contributed by atoms with van der Waals surface area (Å²) in [5.74, 6) is 0.693. The number of nitrogens with zero attached hydrogens (tertiary/aromatic N) is 2. The number of carbonyl (C=O) groups excluding carboxylic acids is 1. The lowest BCUT2D eigenvalue weighted by Crippen LogP contribution is -2.32. The van der Waals surface area contributed by atoms with E-state index in [4.69, 9.17) is 0 Å². The number of anilines is 4. The van der Waals surface area contributed by atoms with Gasteiger partial charge in [0, 0.05) is 47.3 Å². The van der Waals surface area contributed by atoms with Gasteiger partial charge in [-0.3, -0.25) is 4.79 Å². The van der Waals surface area contributed by atoms with E-state index in [0.717, 1.165) is 35.5 Å². The van der Waals surface area contributed by atoms with E-state index in [2.05, 4.69) is 39.6 Å². The minimum absolute atomic E-state index is 0.123. The van der Waals surface area contributed by atoms with Crippen molar-refractivity contribution in [2.45, 2.75) is 19.8 Å². The highest BCUT2D eigenvalue weighted by atomic mass is 32.1. The molecule has 28 heavy (non-hydrogen) atoms. The number of nitrogens with one attached hydrogen (secondary N) is 2. The smallest absolute Gasteiger partial charge is 0.255 e. The molecule has 3 aromatic rings. The van der Waals surface area contributed by atoms with Crippen LogP contribution in [-0.2, 0) is 0 Å². The summed E-state index contributed by atoms with van der Waals surface area (Å²) in [6.07, 6.45) is 4.23. The molecule has 0 bridgehead atoms. The molecule has 4 rings (SSSR count). The maximum absolute atomic E-state index is 12.6. The van der Waals surface area contributed by atoms with Gasteiger partial charge in [0.1, 0.15) is 0 Å². The summed E-state index contributed by atoms with van der Waals surface area (Å²) in [7, 11) is 0. The number of amides is 1. The van der Waals surface area contributed by atoms with Crippen molar-refractivity contribution in [3.63, 3.8) is 0 Å². The molecule has 0 unspecified atom stereocenters. The number of carbonyl (C=O) groups is 1. The zero-order valence-corrected chi connectivity index (χ0v) is 16.7. The second kappa shape index (κ2) is 8.44. The predicted octanol–water partition coefficient (Wildman–Crippen LogP) is 5.38. The number of aromatic nitrogens is 1. The maximum atomic E-state index is 12.6. The summed E-state index contributed by atoms with van der Waals surface area (Å²) < 4.78 is 0. The molecule has 0 radical (unpaired) electrons. The van der Waals surface area contributed by atoms with E-state index in [0.29, 0.717) is 5.56 Å². The molecule has 1 aromatic heterocycles. The Kier molecular flexibility index (Phi) is 5.58. The van der Waals surface area contributed by atoms with Crippen LogP contribution in [0.4, 0.5) is 22.2 Å². The summed E-state index contributed by atoms with van der Waals surface area (Å²) in [6, 6.07) is 15.6. The fourth-order valence-electron chi connectivity index (χ4n) is 3.37. The van der Waals surface area contributed by atoms with Crippen molar-refractivity contribution in [3.05, 3.63) is 65.7 Å². The molecule has 1 saturated heterocycles. The van der Waals surface area contributed by atoms with Gasteiger partial charge in [-0.15, -0.1) is 11.3 Å². The third-order valence-corrected chi connectivity index (χ3v) is 5.77. The van der Waals surface area contributed by atoms with Crippen LogP contribution in [-0.4, -0.2) is 24.0 Å². The summed E-state index contributed by atoms with van der Waals surface area (Å²) >= 11 is 1.52. The van der Waals surface area contributed by atoms with Crippen LogP contribution >= 0.6 is 11.3 Å². The number of thiazole rings is 1. The summed E-state index contributed by atoms with van der Waals surface area (Å²) in [5.41, 5.74) is 3.48. The van der Waals surface area contributed by atoms with E-state index in [9.17, 15) is 4.79 Å². The molecule has 144 valence electrons. The molecule has 0 saturated carbocycles. The van der Waals surface area contributed by atoms with Crippen molar-refractivity contribution in [1.82, 2.24) is 4.98 Å². The second-order valence-electron chi connectivity index (χ2n) is 7.21. The minimum atomic E-state index is -0.123. The Morgan fingerprint density at radius 1 is 1.11 bits per heavy atom. The molecule has 0 atom stereocenters. The van der Waals surface area contributed by atoms with Crippen molar-refractivity contribution in [2.24, 2.45) is 5.92 Å². The van der Waals surface area contributed by atoms with E-state index in [-0.39, 0.29) is 5.91 Å². The highest BCUT2D eigenvalue weighted by Gasteiger charge is 2.16. The Balaban J connectivity index is 1.39. The van der Waals surface area contributed by atoms with Gasteiger partial charge < -0.3 is 15.5 Å². The zero-order chi connectivity index (χ0) is 19.3. The molecule has 0 spiro atoms. The monoisotopic (exact) mass is 392 g/mol. The van der Waals surface area contributed by atoms with Gasteiger partial charge in [0.2, 0.25) is 0 Å². The largest absolute Gasteiger partial charge is 0.372 e. The average molecular weight is 393 g/mol. The first-order chi connectivity index (χ1) is 13.7. The maximum Gasteiger partial charge on any atom is 0.255 e. The lowest BCUT2D eigenvalue weighted by atomic mass is 9.99. The lowest BCUT2D eigenvalue weighted by molar-refractivity contribution is 0.102. The van der Waals surface area contributed by atoms with Crippen molar-refractivity contribution in [1.29, 1.82) is 0 Å². The van der Waals surface area contributed by atoms with Crippen molar-refractivity contribution in [2.75, 3.05) is 28.6 Å². The predicted molar refractivity (Wildman–Crippen MR) is 117 cm³/mol. The number of rotatable bonds is 5. The molecule has 1 aliphatic heterocycles. The van der Waals surface area contributed by atoms with Crippen molar-refractivity contribution in [3.8, 4) is 0 Å². The van der Waals surface area contributed by atoms with Crippen LogP contribution in [0.2, 0.25) is 0 Å². The van der Waals surface area contributed by atoms with Crippen LogP contribution in [0, 0.1) is 5.92 Å². The molecule has 2 N–H and O–H groups in total. The Bertz CT molecular complexity index is 916. The Hall–Kier alpha value is -2.86. The first-order valence-corrected chi connectivity index (χ1v) is 10.5. The van der Waals surface area contributed by atoms with Crippen LogP contribution in [0.15, 0.2) is 60.1 Å². The quantitative estimate of drug-likeness (QED) is 0.612. The summed E-state index contributed by atoms with van der Waals surface area (Å²) in [5, 5.41) is 8.91. The highest BCUT2D eigenvalue weighted by Crippen LogP contribution is 2.25. The van der Waals surface area contributed by atoms with Gasteiger partial charge >= 0.3 is 0 Å². The van der Waals surface area contributed by atoms with E-state index in [1.165, 1.54) is 29.9 Å².